The highest BCUT2D eigenvalue weighted by Gasteiger charge is 2.24. The van der Waals surface area contributed by atoms with Crippen LogP contribution in [0, 0.1) is 0 Å². The fraction of sp³-hybridized carbons (Fsp3) is 0.429. The normalized spacial score (nSPS) is 17.8. The molecule has 0 atom stereocenters. The number of nitrogens with one attached hydrogen (secondary N) is 1. The first-order chi connectivity index (χ1) is 4.47. The molecule has 1 saturated carbocycles. The van der Waals surface area contributed by atoms with Gasteiger partial charge in [-0.3, -0.25) is 0 Å². The van der Waals surface area contributed by atoms with Gasteiger partial charge in [0.15, 0.2) is 6.20 Å². The third kappa shape index (κ3) is 0.922. The van der Waals surface area contributed by atoms with E-state index in [0.29, 0.717) is 0 Å². The zero-order chi connectivity index (χ0) is 6.10. The molecule has 1 aliphatic rings. The van der Waals surface area contributed by atoms with Gasteiger partial charge < -0.3 is 0 Å². The summed E-state index contributed by atoms with van der Waals surface area (Å²) in [7, 11) is 0. The van der Waals surface area contributed by atoms with Crippen LogP contribution >= 0.6 is 0 Å². The number of nitrogens with zero attached hydrogens (tertiary/aromatic N) is 1. The largest absolute Gasteiger partial charge is 0.197 e. The Balaban J connectivity index is 2.29. The van der Waals surface area contributed by atoms with E-state index < -0.39 is 0 Å². The molecule has 2 heteroatoms. The van der Waals surface area contributed by atoms with E-state index in [1.807, 2.05) is 12.4 Å². The van der Waals surface area contributed by atoms with Gasteiger partial charge in [0, 0.05) is 5.56 Å². The van der Waals surface area contributed by atoms with Crippen molar-refractivity contribution in [1.29, 1.82) is 0 Å². The summed E-state index contributed by atoms with van der Waals surface area (Å²) in [6.07, 6.45) is 6.51. The molecule has 9 heavy (non-hydrogen) atoms. The molecule has 46 valence electrons. The summed E-state index contributed by atoms with van der Waals surface area (Å²) < 4.78 is 0. The molecule has 0 saturated heterocycles. The number of rotatable bonds is 1. The van der Waals surface area contributed by atoms with Gasteiger partial charge in [-0.1, -0.05) is 0 Å². The van der Waals surface area contributed by atoms with Crippen LogP contribution in [0.1, 0.15) is 24.3 Å². The highest BCUT2D eigenvalue weighted by Crippen LogP contribution is 2.38. The van der Waals surface area contributed by atoms with Crippen LogP contribution in [-0.4, -0.2) is 5.10 Å². The molecular formula is C7H9N2+. The standard InChI is InChI=1S/C7H8N2/c1-2-6(1)7-3-4-8-9-5-7/h3-6H,1-2H2/p+1. The molecule has 1 aromatic heterocycles. The molecule has 1 fully saturated rings. The molecule has 1 aliphatic carbocycles. The van der Waals surface area contributed by atoms with Gasteiger partial charge in [-0.2, -0.15) is 0 Å². The molecule has 1 N–H and O–H groups in total. The smallest absolute Gasteiger partial charge is 0.106 e. The van der Waals surface area contributed by atoms with Crippen LogP contribution in [0.4, 0.5) is 0 Å². The van der Waals surface area contributed by atoms with E-state index in [9.17, 15) is 0 Å². The quantitative estimate of drug-likeness (QED) is 0.539. The van der Waals surface area contributed by atoms with Crippen molar-refractivity contribution in [3.63, 3.8) is 0 Å². The molecule has 0 radical (unpaired) electrons. The van der Waals surface area contributed by atoms with E-state index in [1.165, 1.54) is 18.4 Å². The second-order valence-corrected chi connectivity index (χ2v) is 2.49. The van der Waals surface area contributed by atoms with Crippen molar-refractivity contribution in [2.75, 3.05) is 0 Å². The monoisotopic (exact) mass is 121 g/mol. The van der Waals surface area contributed by atoms with Crippen LogP contribution in [0.15, 0.2) is 18.5 Å². The Morgan fingerprint density at radius 2 is 2.44 bits per heavy atom. The molecule has 0 bridgehead atoms. The molecule has 0 unspecified atom stereocenters. The maximum atomic E-state index is 3.83. The summed E-state index contributed by atoms with van der Waals surface area (Å²) in [4.78, 5) is 0. The first-order valence-electron chi connectivity index (χ1n) is 3.29. The topological polar surface area (TPSA) is 27.0 Å². The van der Waals surface area contributed by atoms with Crippen molar-refractivity contribution in [1.82, 2.24) is 5.10 Å². The van der Waals surface area contributed by atoms with Gasteiger partial charge in [-0.05, 0) is 29.9 Å². The summed E-state index contributed by atoms with van der Waals surface area (Å²) in [5.41, 5.74) is 1.41. The highest BCUT2D eigenvalue weighted by atomic mass is 15.1. The average molecular weight is 121 g/mol. The molecule has 0 amide bonds. The van der Waals surface area contributed by atoms with E-state index in [-0.39, 0.29) is 0 Å². The predicted octanol–water partition coefficient (Wildman–Crippen LogP) is 0.773. The maximum Gasteiger partial charge on any atom is 0.197 e. The SMILES string of the molecule is c1cc(C2CC2)c[nH+]n1. The second kappa shape index (κ2) is 1.79. The fourth-order valence-electron chi connectivity index (χ4n) is 0.997. The van der Waals surface area contributed by atoms with Crippen molar-refractivity contribution < 1.29 is 5.10 Å². The van der Waals surface area contributed by atoms with Gasteiger partial charge >= 0.3 is 0 Å². The minimum atomic E-state index is 0.837. The van der Waals surface area contributed by atoms with Crippen molar-refractivity contribution in [3.8, 4) is 0 Å². The van der Waals surface area contributed by atoms with Gasteiger partial charge in [0.1, 0.15) is 0 Å². The molecule has 1 heterocycles. The molecule has 1 aromatic rings. The lowest BCUT2D eigenvalue weighted by molar-refractivity contribution is -0.455. The van der Waals surface area contributed by atoms with Gasteiger partial charge in [0.2, 0.25) is 0 Å². The number of aromatic amines is 1. The summed E-state index contributed by atoms with van der Waals surface area (Å²) in [5.74, 6) is 0.837. The van der Waals surface area contributed by atoms with Crippen LogP contribution in [0.3, 0.4) is 0 Å². The lowest BCUT2D eigenvalue weighted by atomic mass is 10.2. The predicted molar refractivity (Wildman–Crippen MR) is 32.8 cm³/mol. The third-order valence-corrected chi connectivity index (χ3v) is 1.70. The highest BCUT2D eigenvalue weighted by molar-refractivity contribution is 5.15. The van der Waals surface area contributed by atoms with E-state index in [2.05, 4.69) is 16.3 Å². The van der Waals surface area contributed by atoms with E-state index >= 15 is 0 Å². The summed E-state index contributed by atoms with van der Waals surface area (Å²) in [6, 6.07) is 2.08. The Morgan fingerprint density at radius 1 is 1.56 bits per heavy atom. The Kier molecular flexibility index (Phi) is 0.979. The van der Waals surface area contributed by atoms with E-state index in [0.717, 1.165) is 5.92 Å². The van der Waals surface area contributed by atoms with Crippen molar-refractivity contribution >= 4 is 0 Å². The Bertz CT molecular complexity index is 191. The Morgan fingerprint density at radius 3 is 3.00 bits per heavy atom. The minimum absolute atomic E-state index is 0.837. The van der Waals surface area contributed by atoms with Crippen molar-refractivity contribution in [2.24, 2.45) is 0 Å². The molecule has 2 rings (SSSR count). The number of aromatic nitrogens is 2. The second-order valence-electron chi connectivity index (χ2n) is 2.49. The van der Waals surface area contributed by atoms with Crippen molar-refractivity contribution in [3.05, 3.63) is 24.0 Å². The van der Waals surface area contributed by atoms with Gasteiger partial charge in [0.05, 0.1) is 6.20 Å². The molecule has 0 spiro atoms. The lowest BCUT2D eigenvalue weighted by Crippen LogP contribution is -2.06. The first kappa shape index (κ1) is 4.91. The number of hydrogen-bond acceptors (Lipinski definition) is 1. The zero-order valence-electron chi connectivity index (χ0n) is 5.17. The minimum Gasteiger partial charge on any atom is -0.106 e. The number of H-pyrrole nitrogens is 1. The fourth-order valence-corrected chi connectivity index (χ4v) is 0.997. The first-order valence-corrected chi connectivity index (χ1v) is 3.29. The summed E-state index contributed by atoms with van der Waals surface area (Å²) >= 11 is 0. The Labute approximate surface area is 53.9 Å². The van der Waals surface area contributed by atoms with Crippen LogP contribution in [0.5, 0.6) is 0 Å². The lowest BCUT2D eigenvalue weighted by Gasteiger charge is -1.85. The van der Waals surface area contributed by atoms with E-state index in [1.54, 1.807) is 0 Å². The van der Waals surface area contributed by atoms with Crippen molar-refractivity contribution in [2.45, 2.75) is 18.8 Å². The van der Waals surface area contributed by atoms with Crippen LogP contribution < -0.4 is 5.10 Å². The summed E-state index contributed by atoms with van der Waals surface area (Å²) in [5, 5.41) is 6.66. The molecular weight excluding hydrogens is 112 g/mol. The average Bonchev–Trinajstić information content (AvgIpc) is 2.71. The third-order valence-electron chi connectivity index (χ3n) is 1.70. The molecule has 2 nitrogen and oxygen atoms in total. The summed E-state index contributed by atoms with van der Waals surface area (Å²) in [6.45, 7) is 0. The van der Waals surface area contributed by atoms with E-state index in [4.69, 9.17) is 0 Å². The van der Waals surface area contributed by atoms with Gasteiger partial charge in [0.25, 0.3) is 0 Å². The number of hydrogen-bond donors (Lipinski definition) is 0. The maximum absolute atomic E-state index is 3.83. The molecule has 0 aliphatic heterocycles. The zero-order valence-corrected chi connectivity index (χ0v) is 5.17. The van der Waals surface area contributed by atoms with Crippen LogP contribution in [-0.2, 0) is 0 Å². The Hall–Kier alpha value is -0.920. The van der Waals surface area contributed by atoms with Gasteiger partial charge in [-0.25, -0.2) is 0 Å². The van der Waals surface area contributed by atoms with Gasteiger partial charge in [-0.15, -0.1) is 5.10 Å². The van der Waals surface area contributed by atoms with Crippen LogP contribution in [0.2, 0.25) is 0 Å². The van der Waals surface area contributed by atoms with Crippen LogP contribution in [0.25, 0.3) is 0 Å². The molecule has 0 aromatic carbocycles.